The molecule has 0 aromatic carbocycles. The van der Waals surface area contributed by atoms with E-state index in [1.165, 1.54) is 0 Å². The lowest BCUT2D eigenvalue weighted by molar-refractivity contribution is -0.138. The highest BCUT2D eigenvalue weighted by atomic mass is 32.1. The number of nitriles is 1. The van der Waals surface area contributed by atoms with Gasteiger partial charge in [-0.2, -0.15) is 18.4 Å². The Hall–Kier alpha value is -1.35. The number of pyridine rings is 1. The highest BCUT2D eigenvalue weighted by molar-refractivity contribution is 7.71. The summed E-state index contributed by atoms with van der Waals surface area (Å²) in [5.41, 5.74) is -0.603. The molecule has 2 nitrogen and oxygen atoms in total. The second-order valence-corrected chi connectivity index (χ2v) is 6.98. The first-order chi connectivity index (χ1) is 9.55. The number of halogens is 3. The fourth-order valence-corrected chi connectivity index (χ4v) is 3.23. The third-order valence-corrected chi connectivity index (χ3v) is 4.53. The van der Waals surface area contributed by atoms with Gasteiger partial charge in [-0.1, -0.05) is 33.0 Å². The zero-order valence-corrected chi connectivity index (χ0v) is 13.0. The standard InChI is InChI=1S/C15H17F3N2S/c1-14(2,3)8-4-5-11-9(6-8)12(15(16,17)18)10(7-19)13(21)20-11/h8H,4-6H2,1-3H3,(H,20,21). The summed E-state index contributed by atoms with van der Waals surface area (Å²) in [6.07, 6.45) is -2.87. The quantitative estimate of drug-likeness (QED) is 0.700. The topological polar surface area (TPSA) is 39.6 Å². The van der Waals surface area contributed by atoms with Gasteiger partial charge in [-0.05, 0) is 36.2 Å². The van der Waals surface area contributed by atoms with Gasteiger partial charge in [-0.3, -0.25) is 0 Å². The predicted molar refractivity (Wildman–Crippen MR) is 76.3 cm³/mol. The second-order valence-electron chi connectivity index (χ2n) is 6.58. The summed E-state index contributed by atoms with van der Waals surface area (Å²) < 4.78 is 40.1. The summed E-state index contributed by atoms with van der Waals surface area (Å²) in [4.78, 5) is 2.82. The fourth-order valence-electron chi connectivity index (χ4n) is 2.95. The summed E-state index contributed by atoms with van der Waals surface area (Å²) >= 11 is 4.92. The number of rotatable bonds is 0. The Morgan fingerprint density at radius 2 is 1.90 bits per heavy atom. The number of hydrogen-bond donors (Lipinski definition) is 1. The Labute approximate surface area is 127 Å². The SMILES string of the molecule is CC(C)(C)C1CCc2[nH]c(=S)c(C#N)c(C(F)(F)F)c2C1. The monoisotopic (exact) mass is 314 g/mol. The molecule has 6 heteroatoms. The maximum atomic E-state index is 13.4. The Bertz CT molecular complexity index is 660. The molecule has 0 amide bonds. The molecule has 1 aromatic rings. The van der Waals surface area contributed by atoms with Gasteiger partial charge in [0.05, 0.1) is 11.1 Å². The normalized spacial score (nSPS) is 19.0. The molecule has 1 aliphatic rings. The number of fused-ring (bicyclic) bond motifs is 1. The summed E-state index contributed by atoms with van der Waals surface area (Å²) in [5, 5.41) is 9.05. The molecule has 0 bridgehead atoms. The molecule has 0 radical (unpaired) electrons. The molecule has 1 aromatic heterocycles. The van der Waals surface area contributed by atoms with Crippen molar-refractivity contribution < 1.29 is 13.2 Å². The molecule has 0 aliphatic heterocycles. The molecule has 2 rings (SSSR count). The molecule has 0 saturated heterocycles. The summed E-state index contributed by atoms with van der Waals surface area (Å²) in [5.74, 6) is 0.155. The Kier molecular flexibility index (Phi) is 3.92. The van der Waals surface area contributed by atoms with Crippen molar-refractivity contribution in [3.63, 3.8) is 0 Å². The highest BCUT2D eigenvalue weighted by Gasteiger charge is 2.41. The van der Waals surface area contributed by atoms with E-state index in [0.29, 0.717) is 18.5 Å². The van der Waals surface area contributed by atoms with E-state index in [1.807, 2.05) is 20.8 Å². The smallest absolute Gasteiger partial charge is 0.349 e. The van der Waals surface area contributed by atoms with Crippen molar-refractivity contribution in [3.8, 4) is 6.07 Å². The summed E-state index contributed by atoms with van der Waals surface area (Å²) in [7, 11) is 0. The fraction of sp³-hybridized carbons (Fsp3) is 0.600. The van der Waals surface area contributed by atoms with Gasteiger partial charge in [0.1, 0.15) is 10.7 Å². The van der Waals surface area contributed by atoms with Crippen LogP contribution in [-0.4, -0.2) is 4.98 Å². The zero-order chi connectivity index (χ0) is 16.0. The number of aromatic nitrogens is 1. The molecule has 0 spiro atoms. The molecule has 0 saturated carbocycles. The second kappa shape index (κ2) is 5.13. The van der Waals surface area contributed by atoms with Crippen molar-refractivity contribution in [3.05, 3.63) is 27.0 Å². The maximum Gasteiger partial charge on any atom is 0.418 e. The van der Waals surface area contributed by atoms with Crippen LogP contribution in [0.5, 0.6) is 0 Å². The van der Waals surface area contributed by atoms with Crippen LogP contribution in [0.25, 0.3) is 0 Å². The zero-order valence-electron chi connectivity index (χ0n) is 12.2. The molecule has 1 heterocycles. The largest absolute Gasteiger partial charge is 0.418 e. The van der Waals surface area contributed by atoms with Gasteiger partial charge in [0.15, 0.2) is 0 Å². The van der Waals surface area contributed by atoms with E-state index >= 15 is 0 Å². The van der Waals surface area contributed by atoms with E-state index in [-0.39, 0.29) is 21.5 Å². The van der Waals surface area contributed by atoms with Gasteiger partial charge < -0.3 is 4.98 Å². The third kappa shape index (κ3) is 2.98. The van der Waals surface area contributed by atoms with E-state index in [4.69, 9.17) is 17.5 Å². The highest BCUT2D eigenvalue weighted by Crippen LogP contribution is 2.43. The number of aryl methyl sites for hydroxylation is 1. The van der Waals surface area contributed by atoms with Crippen LogP contribution in [0.15, 0.2) is 0 Å². The maximum absolute atomic E-state index is 13.4. The molecule has 1 aliphatic carbocycles. The van der Waals surface area contributed by atoms with Gasteiger partial charge >= 0.3 is 6.18 Å². The van der Waals surface area contributed by atoms with Crippen LogP contribution in [0.1, 0.15) is 49.6 Å². The van der Waals surface area contributed by atoms with Crippen molar-refractivity contribution in [2.75, 3.05) is 0 Å². The molecule has 21 heavy (non-hydrogen) atoms. The summed E-state index contributed by atoms with van der Waals surface area (Å²) in [6, 6.07) is 1.62. The minimum Gasteiger partial charge on any atom is -0.349 e. The van der Waals surface area contributed by atoms with E-state index in [2.05, 4.69) is 4.98 Å². The average molecular weight is 314 g/mol. The Morgan fingerprint density at radius 1 is 1.29 bits per heavy atom. The van der Waals surface area contributed by atoms with Crippen LogP contribution in [-0.2, 0) is 19.0 Å². The molecular weight excluding hydrogens is 297 g/mol. The van der Waals surface area contributed by atoms with E-state index < -0.39 is 17.3 Å². The number of hydrogen-bond acceptors (Lipinski definition) is 2. The first kappa shape index (κ1) is 16.0. The molecule has 1 atom stereocenters. The van der Waals surface area contributed by atoms with Gasteiger partial charge in [0.2, 0.25) is 0 Å². The molecule has 0 fully saturated rings. The van der Waals surface area contributed by atoms with E-state index in [0.717, 1.165) is 6.42 Å². The van der Waals surface area contributed by atoms with E-state index in [9.17, 15) is 13.2 Å². The van der Waals surface area contributed by atoms with Gasteiger partial charge in [0.25, 0.3) is 0 Å². The minimum absolute atomic E-state index is 0.0694. The molecular formula is C15H17F3N2S. The number of aromatic amines is 1. The van der Waals surface area contributed by atoms with Crippen molar-refractivity contribution >= 4 is 12.2 Å². The van der Waals surface area contributed by atoms with Gasteiger partial charge in [-0.25, -0.2) is 0 Å². The number of nitrogens with zero attached hydrogens (tertiary/aromatic N) is 1. The van der Waals surface area contributed by atoms with Crippen molar-refractivity contribution in [2.45, 2.75) is 46.2 Å². The number of H-pyrrole nitrogens is 1. The Balaban J connectivity index is 2.68. The average Bonchev–Trinajstić information content (AvgIpc) is 2.34. The van der Waals surface area contributed by atoms with Crippen molar-refractivity contribution in [2.24, 2.45) is 11.3 Å². The van der Waals surface area contributed by atoms with Crippen molar-refractivity contribution in [1.82, 2.24) is 4.98 Å². The van der Waals surface area contributed by atoms with Crippen LogP contribution < -0.4 is 0 Å². The lowest BCUT2D eigenvalue weighted by atomic mass is 9.70. The molecule has 1 N–H and O–H groups in total. The van der Waals surface area contributed by atoms with Crippen LogP contribution in [0.3, 0.4) is 0 Å². The van der Waals surface area contributed by atoms with E-state index in [1.54, 1.807) is 6.07 Å². The van der Waals surface area contributed by atoms with Gasteiger partial charge in [0, 0.05) is 5.69 Å². The van der Waals surface area contributed by atoms with Crippen LogP contribution in [0, 0.1) is 27.3 Å². The van der Waals surface area contributed by atoms with Crippen molar-refractivity contribution in [1.29, 1.82) is 5.26 Å². The van der Waals surface area contributed by atoms with Crippen LogP contribution >= 0.6 is 12.2 Å². The third-order valence-electron chi connectivity index (χ3n) is 4.22. The van der Waals surface area contributed by atoms with Gasteiger partial charge in [-0.15, -0.1) is 0 Å². The minimum atomic E-state index is -4.56. The first-order valence-electron chi connectivity index (χ1n) is 6.81. The predicted octanol–water partition coefficient (Wildman–Crippen LogP) is 4.79. The van der Waals surface area contributed by atoms with Crippen LogP contribution in [0.2, 0.25) is 0 Å². The number of nitrogens with one attached hydrogen (secondary N) is 1. The molecule has 1 unspecified atom stereocenters. The first-order valence-corrected chi connectivity index (χ1v) is 7.22. The lowest BCUT2D eigenvalue weighted by Crippen LogP contribution is -2.30. The molecule has 114 valence electrons. The van der Waals surface area contributed by atoms with Crippen LogP contribution in [0.4, 0.5) is 13.2 Å². The lowest BCUT2D eigenvalue weighted by Gasteiger charge is -2.36. The Morgan fingerprint density at radius 3 is 2.38 bits per heavy atom. The summed E-state index contributed by atoms with van der Waals surface area (Å²) in [6.45, 7) is 6.10. The number of alkyl halides is 3.